The predicted molar refractivity (Wildman–Crippen MR) is 125 cm³/mol. The van der Waals surface area contributed by atoms with Crippen LogP contribution in [0, 0.1) is 6.92 Å². The Labute approximate surface area is 183 Å². The predicted octanol–water partition coefficient (Wildman–Crippen LogP) is 6.86. The first-order valence-electron chi connectivity index (χ1n) is 11.3. The van der Waals surface area contributed by atoms with Crippen LogP contribution in [0.1, 0.15) is 74.3 Å². The topological polar surface area (TPSA) is 52.3 Å². The van der Waals surface area contributed by atoms with Gasteiger partial charge in [-0.3, -0.25) is 0 Å². The van der Waals surface area contributed by atoms with Crippen LogP contribution >= 0.6 is 11.3 Å². The van der Waals surface area contributed by atoms with Crippen LogP contribution in [0.3, 0.4) is 0 Å². The zero-order valence-corrected chi connectivity index (χ0v) is 19.1. The van der Waals surface area contributed by atoms with Crippen molar-refractivity contribution < 1.29 is 9.15 Å². The smallest absolute Gasteiger partial charge is 0.397 e. The normalized spacial score (nSPS) is 11.3. The van der Waals surface area contributed by atoms with Gasteiger partial charge in [0, 0.05) is 11.3 Å². The van der Waals surface area contributed by atoms with E-state index in [4.69, 9.17) is 9.15 Å². The van der Waals surface area contributed by atoms with E-state index in [1.165, 1.54) is 60.9 Å². The Kier molecular flexibility index (Phi) is 8.94. The van der Waals surface area contributed by atoms with Crippen molar-refractivity contribution in [3.05, 3.63) is 56.8 Å². The molecule has 2 aromatic heterocycles. The van der Waals surface area contributed by atoms with Crippen LogP contribution in [0.2, 0.25) is 0 Å². The number of unbranched alkanes of at least 4 members (excludes halogenated alkanes) is 7. The number of rotatable bonds is 13. The zero-order chi connectivity index (χ0) is 21.2. The molecule has 0 saturated carbocycles. The molecule has 0 aliphatic carbocycles. The fourth-order valence-corrected chi connectivity index (χ4v) is 4.69. The van der Waals surface area contributed by atoms with E-state index in [9.17, 15) is 4.79 Å². The van der Waals surface area contributed by atoms with Crippen molar-refractivity contribution in [2.24, 2.45) is 0 Å². The molecule has 0 atom stereocenters. The molecule has 162 valence electrons. The minimum absolute atomic E-state index is 0.0700. The monoisotopic (exact) mass is 427 g/mol. The number of nitrogens with zero attached hydrogens (tertiary/aromatic N) is 1. The molecule has 0 radical (unpaired) electrons. The SMILES string of the molecule is CCCCCCCCCCc1cc2c(=O)oc(OCCc3cccc(C)c3)nc2s1. The average Bonchev–Trinajstić information content (AvgIpc) is 3.14. The first-order chi connectivity index (χ1) is 14.7. The highest BCUT2D eigenvalue weighted by Crippen LogP contribution is 2.25. The second-order valence-corrected chi connectivity index (χ2v) is 9.13. The summed E-state index contributed by atoms with van der Waals surface area (Å²) in [5.41, 5.74) is 2.06. The highest BCUT2D eigenvalue weighted by molar-refractivity contribution is 7.18. The third kappa shape index (κ3) is 6.98. The van der Waals surface area contributed by atoms with Gasteiger partial charge >= 0.3 is 11.7 Å². The molecule has 0 aliphatic rings. The average molecular weight is 428 g/mol. The fourth-order valence-electron chi connectivity index (χ4n) is 3.64. The van der Waals surface area contributed by atoms with Gasteiger partial charge in [-0.05, 0) is 31.4 Å². The lowest BCUT2D eigenvalue weighted by atomic mass is 10.1. The lowest BCUT2D eigenvalue weighted by Gasteiger charge is -2.04. The highest BCUT2D eigenvalue weighted by Gasteiger charge is 2.12. The van der Waals surface area contributed by atoms with Crippen LogP contribution in [0.15, 0.2) is 39.5 Å². The number of hydrogen-bond donors (Lipinski definition) is 0. The van der Waals surface area contributed by atoms with Crippen LogP contribution in [0.5, 0.6) is 6.08 Å². The molecule has 0 fully saturated rings. The fraction of sp³-hybridized carbons (Fsp3) is 0.520. The molecule has 2 heterocycles. The van der Waals surface area contributed by atoms with Crippen LogP contribution in [-0.4, -0.2) is 11.6 Å². The minimum Gasteiger partial charge on any atom is -0.450 e. The molecular formula is C25H33NO3S. The van der Waals surface area contributed by atoms with Crippen molar-refractivity contribution in [1.82, 2.24) is 4.98 Å². The van der Waals surface area contributed by atoms with Gasteiger partial charge in [-0.1, -0.05) is 81.7 Å². The molecule has 0 saturated heterocycles. The van der Waals surface area contributed by atoms with Crippen LogP contribution < -0.4 is 10.4 Å². The number of aromatic nitrogens is 1. The Hall–Kier alpha value is -2.14. The number of aryl methyl sites for hydroxylation is 2. The van der Waals surface area contributed by atoms with Crippen LogP contribution in [-0.2, 0) is 12.8 Å². The molecule has 30 heavy (non-hydrogen) atoms. The maximum Gasteiger partial charge on any atom is 0.397 e. The maximum absolute atomic E-state index is 12.3. The van der Waals surface area contributed by atoms with Gasteiger partial charge in [-0.2, -0.15) is 4.98 Å². The molecule has 3 aromatic rings. The molecular weight excluding hydrogens is 394 g/mol. The summed E-state index contributed by atoms with van der Waals surface area (Å²) < 4.78 is 10.9. The molecule has 0 bridgehead atoms. The summed E-state index contributed by atoms with van der Waals surface area (Å²) in [6.07, 6.45) is 12.2. The van der Waals surface area contributed by atoms with Crippen molar-refractivity contribution in [2.45, 2.75) is 78.1 Å². The highest BCUT2D eigenvalue weighted by atomic mass is 32.1. The second kappa shape index (κ2) is 11.9. The van der Waals surface area contributed by atoms with E-state index in [0.29, 0.717) is 16.8 Å². The summed E-state index contributed by atoms with van der Waals surface area (Å²) >= 11 is 1.58. The zero-order valence-electron chi connectivity index (χ0n) is 18.2. The molecule has 0 amide bonds. The van der Waals surface area contributed by atoms with E-state index in [1.807, 2.05) is 12.1 Å². The van der Waals surface area contributed by atoms with E-state index >= 15 is 0 Å². The van der Waals surface area contributed by atoms with Crippen molar-refractivity contribution >= 4 is 21.6 Å². The summed E-state index contributed by atoms with van der Waals surface area (Å²) in [7, 11) is 0. The maximum atomic E-state index is 12.3. The van der Waals surface area contributed by atoms with E-state index < -0.39 is 0 Å². The van der Waals surface area contributed by atoms with Gasteiger partial charge in [0.25, 0.3) is 0 Å². The van der Waals surface area contributed by atoms with Crippen LogP contribution in [0.4, 0.5) is 0 Å². The molecule has 0 unspecified atom stereocenters. The Morgan fingerprint density at radius 1 is 1.00 bits per heavy atom. The van der Waals surface area contributed by atoms with Crippen molar-refractivity contribution in [3.8, 4) is 6.08 Å². The molecule has 0 spiro atoms. The summed E-state index contributed by atoms with van der Waals surface area (Å²) in [5.74, 6) is 0. The van der Waals surface area contributed by atoms with E-state index in [1.54, 1.807) is 11.3 Å². The standard InChI is InChI=1S/C25H33NO3S/c1-3-4-5-6-7-8-9-10-14-21-18-22-23(30-21)26-25(29-24(22)27)28-16-15-20-13-11-12-19(2)17-20/h11-13,17-18H,3-10,14-16H2,1-2H3. The third-order valence-corrected chi connectivity index (χ3v) is 6.42. The Balaban J connectivity index is 1.47. The summed E-state index contributed by atoms with van der Waals surface area (Å²) in [6.45, 7) is 4.75. The van der Waals surface area contributed by atoms with Gasteiger partial charge in [0.05, 0.1) is 12.0 Å². The summed E-state index contributed by atoms with van der Waals surface area (Å²) in [4.78, 5) is 18.6. The van der Waals surface area contributed by atoms with Gasteiger partial charge in [-0.15, -0.1) is 11.3 Å². The van der Waals surface area contributed by atoms with E-state index in [0.717, 1.165) is 19.3 Å². The molecule has 1 aromatic carbocycles. The molecule has 0 N–H and O–H groups in total. The number of thiophene rings is 1. The third-order valence-electron chi connectivity index (χ3n) is 5.33. The molecule has 0 aliphatic heterocycles. The van der Waals surface area contributed by atoms with Gasteiger partial charge in [-0.25, -0.2) is 4.79 Å². The minimum atomic E-state index is -0.357. The number of benzene rings is 1. The first kappa shape index (κ1) is 22.5. The van der Waals surface area contributed by atoms with E-state index in [2.05, 4.69) is 37.0 Å². The summed E-state index contributed by atoms with van der Waals surface area (Å²) in [5, 5.41) is 0.570. The van der Waals surface area contributed by atoms with Gasteiger partial charge in [0.1, 0.15) is 4.83 Å². The van der Waals surface area contributed by atoms with Crippen molar-refractivity contribution in [2.75, 3.05) is 6.61 Å². The molecule has 3 rings (SSSR count). The van der Waals surface area contributed by atoms with Crippen molar-refractivity contribution in [3.63, 3.8) is 0 Å². The van der Waals surface area contributed by atoms with Gasteiger partial charge in [0.2, 0.25) is 0 Å². The van der Waals surface area contributed by atoms with Gasteiger partial charge < -0.3 is 9.15 Å². The Bertz CT molecular complexity index is 976. The largest absolute Gasteiger partial charge is 0.450 e. The van der Waals surface area contributed by atoms with E-state index in [-0.39, 0.29) is 11.7 Å². The molecule has 4 nitrogen and oxygen atoms in total. The lowest BCUT2D eigenvalue weighted by Crippen LogP contribution is -2.06. The Morgan fingerprint density at radius 3 is 2.53 bits per heavy atom. The van der Waals surface area contributed by atoms with Crippen molar-refractivity contribution in [1.29, 1.82) is 0 Å². The number of hydrogen-bond acceptors (Lipinski definition) is 5. The van der Waals surface area contributed by atoms with Gasteiger partial charge in [0.15, 0.2) is 0 Å². The second-order valence-electron chi connectivity index (χ2n) is 8.01. The Morgan fingerprint density at radius 2 is 1.77 bits per heavy atom. The number of ether oxygens (including phenoxy) is 1. The first-order valence-corrected chi connectivity index (χ1v) is 12.1. The number of fused-ring (bicyclic) bond motifs is 1. The summed E-state index contributed by atoms with van der Waals surface area (Å²) in [6, 6.07) is 10.2. The lowest BCUT2D eigenvalue weighted by molar-refractivity contribution is 0.220. The van der Waals surface area contributed by atoms with Crippen LogP contribution in [0.25, 0.3) is 10.2 Å². The quantitative estimate of drug-likeness (QED) is 0.280. The molecule has 5 heteroatoms.